The summed E-state index contributed by atoms with van der Waals surface area (Å²) in [5, 5.41) is 20.3. The monoisotopic (exact) mass is 352 g/mol. The number of nitrogen functional groups attached to an aromatic ring is 1. The molecular formula is C16H24N4O5. The predicted molar refractivity (Wildman–Crippen MR) is 91.0 cm³/mol. The first kappa shape index (κ1) is 17.9. The molecule has 0 aromatic carbocycles. The van der Waals surface area contributed by atoms with Gasteiger partial charge in [0.25, 0.3) is 5.56 Å². The molecule has 0 saturated carbocycles. The lowest BCUT2D eigenvalue weighted by molar-refractivity contribution is -0.0499. The van der Waals surface area contributed by atoms with Gasteiger partial charge in [-0.2, -0.15) is 0 Å². The summed E-state index contributed by atoms with van der Waals surface area (Å²) in [5.74, 6) is -0.173. The summed E-state index contributed by atoms with van der Waals surface area (Å²) in [5.41, 5.74) is 5.98. The van der Waals surface area contributed by atoms with Crippen LogP contribution in [0.3, 0.4) is 0 Å². The van der Waals surface area contributed by atoms with Crippen LogP contribution in [-0.4, -0.2) is 56.8 Å². The fourth-order valence-corrected chi connectivity index (χ4v) is 3.14. The van der Waals surface area contributed by atoms with Gasteiger partial charge < -0.3 is 35.0 Å². The number of nitrogens with two attached hydrogens (primary N) is 1. The van der Waals surface area contributed by atoms with Crippen molar-refractivity contribution >= 4 is 16.9 Å². The molecule has 0 radical (unpaired) electrons. The standard InChI is InChI=1S/C16H24N4O5/c1-2-3-4-24-7-9-11(6-21)25-16(14(9)22)20-8-18-13-10(20)5-12(17)19-15(13)23/h5,8-9,11,14,16,21-22H,2-4,6-7H2,1H3,(H3,17,19,23)/t9-,11-,14-,16-/m1/s1. The van der Waals surface area contributed by atoms with Crippen LogP contribution in [0.5, 0.6) is 0 Å². The highest BCUT2D eigenvalue weighted by Crippen LogP contribution is 2.35. The molecule has 138 valence electrons. The Kier molecular flexibility index (Phi) is 5.38. The number of aliphatic hydroxyl groups excluding tert-OH is 2. The molecule has 1 fully saturated rings. The first-order valence-electron chi connectivity index (χ1n) is 8.44. The number of pyridine rings is 1. The van der Waals surface area contributed by atoms with Crippen LogP contribution >= 0.6 is 0 Å². The van der Waals surface area contributed by atoms with Gasteiger partial charge in [-0.15, -0.1) is 0 Å². The molecule has 2 aromatic heterocycles. The number of H-pyrrole nitrogens is 1. The zero-order valence-electron chi connectivity index (χ0n) is 14.1. The highest BCUT2D eigenvalue weighted by atomic mass is 16.5. The lowest BCUT2D eigenvalue weighted by Crippen LogP contribution is -2.32. The van der Waals surface area contributed by atoms with E-state index >= 15 is 0 Å². The number of nitrogens with one attached hydrogen (secondary N) is 1. The van der Waals surface area contributed by atoms with Crippen molar-refractivity contribution < 1.29 is 19.7 Å². The number of anilines is 1. The largest absolute Gasteiger partial charge is 0.394 e. The van der Waals surface area contributed by atoms with Gasteiger partial charge in [-0.25, -0.2) is 4.98 Å². The van der Waals surface area contributed by atoms with E-state index in [1.807, 2.05) is 0 Å². The van der Waals surface area contributed by atoms with Crippen LogP contribution in [-0.2, 0) is 9.47 Å². The molecule has 1 aliphatic heterocycles. The third-order valence-corrected chi connectivity index (χ3v) is 4.53. The summed E-state index contributed by atoms with van der Waals surface area (Å²) in [6, 6.07) is 1.57. The van der Waals surface area contributed by atoms with E-state index in [-0.39, 0.29) is 30.5 Å². The molecule has 2 aromatic rings. The van der Waals surface area contributed by atoms with E-state index in [9.17, 15) is 15.0 Å². The first-order chi connectivity index (χ1) is 12.1. The third kappa shape index (κ3) is 3.40. The number of unbranched alkanes of at least 4 members (excludes halogenated alkanes) is 1. The van der Waals surface area contributed by atoms with Crippen molar-refractivity contribution in [2.75, 3.05) is 25.6 Å². The zero-order chi connectivity index (χ0) is 18.0. The summed E-state index contributed by atoms with van der Waals surface area (Å²) in [6.07, 6.45) is 1.15. The zero-order valence-corrected chi connectivity index (χ0v) is 14.1. The van der Waals surface area contributed by atoms with Crippen molar-refractivity contribution in [3.63, 3.8) is 0 Å². The minimum Gasteiger partial charge on any atom is -0.394 e. The minimum absolute atomic E-state index is 0.199. The number of aliphatic hydroxyl groups is 2. The Morgan fingerprint density at radius 3 is 3.04 bits per heavy atom. The lowest BCUT2D eigenvalue weighted by Gasteiger charge is -2.19. The highest BCUT2D eigenvalue weighted by molar-refractivity contribution is 5.76. The van der Waals surface area contributed by atoms with Gasteiger partial charge in [0.05, 0.1) is 31.2 Å². The van der Waals surface area contributed by atoms with Gasteiger partial charge in [-0.3, -0.25) is 4.79 Å². The fourth-order valence-electron chi connectivity index (χ4n) is 3.14. The van der Waals surface area contributed by atoms with Crippen LogP contribution in [0.1, 0.15) is 26.0 Å². The molecule has 0 bridgehead atoms. The summed E-state index contributed by atoms with van der Waals surface area (Å²) in [7, 11) is 0. The lowest BCUT2D eigenvalue weighted by atomic mass is 9.99. The average Bonchev–Trinajstić information content (AvgIpc) is 3.13. The van der Waals surface area contributed by atoms with E-state index in [4.69, 9.17) is 15.2 Å². The van der Waals surface area contributed by atoms with Gasteiger partial charge >= 0.3 is 0 Å². The number of nitrogens with zero attached hydrogens (tertiary/aromatic N) is 2. The molecule has 25 heavy (non-hydrogen) atoms. The van der Waals surface area contributed by atoms with Crippen LogP contribution < -0.4 is 11.3 Å². The maximum atomic E-state index is 11.9. The SMILES string of the molecule is CCCCOC[C@H]1[C@@H](O)[C@H](n2cnc3c(=O)[nH]c(N)cc32)O[C@@H]1CO. The Balaban J connectivity index is 1.84. The van der Waals surface area contributed by atoms with Gasteiger partial charge in [-0.05, 0) is 6.42 Å². The van der Waals surface area contributed by atoms with Gasteiger partial charge in [0.2, 0.25) is 0 Å². The van der Waals surface area contributed by atoms with Crippen LogP contribution in [0.4, 0.5) is 5.82 Å². The summed E-state index contributed by atoms with van der Waals surface area (Å²) < 4.78 is 13.0. The highest BCUT2D eigenvalue weighted by Gasteiger charge is 2.44. The quantitative estimate of drug-likeness (QED) is 0.515. The van der Waals surface area contributed by atoms with E-state index in [0.29, 0.717) is 12.1 Å². The molecule has 9 nitrogen and oxygen atoms in total. The second-order valence-corrected chi connectivity index (χ2v) is 6.27. The molecule has 0 aliphatic carbocycles. The number of imidazole rings is 1. The number of hydrogen-bond donors (Lipinski definition) is 4. The Labute approximate surface area is 144 Å². The fraction of sp³-hybridized carbons (Fsp3) is 0.625. The van der Waals surface area contributed by atoms with Crippen molar-refractivity contribution in [2.45, 2.75) is 38.2 Å². The second-order valence-electron chi connectivity index (χ2n) is 6.27. The van der Waals surface area contributed by atoms with Gasteiger partial charge in [-0.1, -0.05) is 13.3 Å². The average molecular weight is 352 g/mol. The number of fused-ring (bicyclic) bond motifs is 1. The van der Waals surface area contributed by atoms with Crippen molar-refractivity contribution in [1.82, 2.24) is 14.5 Å². The number of ether oxygens (including phenoxy) is 2. The summed E-state index contributed by atoms with van der Waals surface area (Å²) in [6.45, 7) is 2.73. The van der Waals surface area contributed by atoms with Crippen LogP contribution in [0.25, 0.3) is 11.0 Å². The third-order valence-electron chi connectivity index (χ3n) is 4.53. The van der Waals surface area contributed by atoms with E-state index in [1.165, 1.54) is 6.33 Å². The molecule has 3 rings (SSSR count). The maximum absolute atomic E-state index is 11.9. The Morgan fingerprint density at radius 2 is 2.32 bits per heavy atom. The molecule has 5 N–H and O–H groups in total. The molecule has 0 amide bonds. The normalized spacial score (nSPS) is 26.5. The van der Waals surface area contributed by atoms with E-state index < -0.39 is 24.0 Å². The molecule has 4 atom stereocenters. The van der Waals surface area contributed by atoms with Crippen molar-refractivity contribution in [2.24, 2.45) is 5.92 Å². The molecule has 0 spiro atoms. The van der Waals surface area contributed by atoms with Crippen LogP contribution in [0, 0.1) is 5.92 Å². The van der Waals surface area contributed by atoms with Crippen LogP contribution in [0.2, 0.25) is 0 Å². The number of aromatic amines is 1. The van der Waals surface area contributed by atoms with Crippen molar-refractivity contribution in [1.29, 1.82) is 0 Å². The van der Waals surface area contributed by atoms with E-state index in [2.05, 4.69) is 16.9 Å². The molecular weight excluding hydrogens is 328 g/mol. The summed E-state index contributed by atoms with van der Waals surface area (Å²) >= 11 is 0. The molecule has 1 aliphatic rings. The maximum Gasteiger partial charge on any atom is 0.277 e. The molecule has 3 heterocycles. The number of rotatable bonds is 7. The Hall–Kier alpha value is -1.94. The minimum atomic E-state index is -0.906. The Morgan fingerprint density at radius 1 is 1.52 bits per heavy atom. The topological polar surface area (TPSA) is 136 Å². The van der Waals surface area contributed by atoms with Gasteiger partial charge in [0.1, 0.15) is 11.9 Å². The Bertz CT molecular complexity index is 773. The van der Waals surface area contributed by atoms with E-state index in [1.54, 1.807) is 10.6 Å². The van der Waals surface area contributed by atoms with Crippen molar-refractivity contribution in [3.8, 4) is 0 Å². The van der Waals surface area contributed by atoms with E-state index in [0.717, 1.165) is 12.8 Å². The van der Waals surface area contributed by atoms with Crippen molar-refractivity contribution in [3.05, 3.63) is 22.7 Å². The molecule has 9 heteroatoms. The smallest absolute Gasteiger partial charge is 0.277 e. The van der Waals surface area contributed by atoms with Crippen LogP contribution in [0.15, 0.2) is 17.2 Å². The van der Waals surface area contributed by atoms with Gasteiger partial charge in [0, 0.05) is 18.6 Å². The number of hydrogen-bond acceptors (Lipinski definition) is 7. The predicted octanol–water partition coefficient (Wildman–Crippen LogP) is -0.00970. The van der Waals surface area contributed by atoms with Gasteiger partial charge in [0.15, 0.2) is 11.7 Å². The second kappa shape index (κ2) is 7.52. The first-order valence-corrected chi connectivity index (χ1v) is 8.44. The molecule has 0 unspecified atom stereocenters. The number of aromatic nitrogens is 3. The molecule has 1 saturated heterocycles. The summed E-state index contributed by atoms with van der Waals surface area (Å²) in [4.78, 5) is 18.5.